The summed E-state index contributed by atoms with van der Waals surface area (Å²) in [5, 5.41) is 7.44. The Morgan fingerprint density at radius 1 is 0.281 bits per heavy atom. The van der Waals surface area contributed by atoms with Crippen LogP contribution in [0.5, 0.6) is 0 Å². The lowest BCUT2D eigenvalue weighted by molar-refractivity contribution is 1.18. The fourth-order valence-electron chi connectivity index (χ4n) is 9.89. The molecule has 12 aromatic rings. The minimum atomic E-state index is 1.08. The average Bonchev–Trinajstić information content (AvgIpc) is 3.72. The van der Waals surface area contributed by atoms with Crippen molar-refractivity contribution in [3.05, 3.63) is 255 Å². The molecule has 300 valence electrons. The highest BCUT2D eigenvalue weighted by molar-refractivity contribution is 6.14. The molecule has 11 aromatic carbocycles. The molecule has 2 heteroatoms. The van der Waals surface area contributed by atoms with E-state index >= 15 is 0 Å². The summed E-state index contributed by atoms with van der Waals surface area (Å²) in [6.45, 7) is 0. The Kier molecular flexibility index (Phi) is 9.20. The number of anilines is 3. The van der Waals surface area contributed by atoms with E-state index < -0.39 is 0 Å². The molecule has 0 atom stereocenters. The number of hydrogen-bond donors (Lipinski definition) is 0. The van der Waals surface area contributed by atoms with Crippen LogP contribution >= 0.6 is 0 Å². The van der Waals surface area contributed by atoms with Crippen molar-refractivity contribution >= 4 is 60.4 Å². The zero-order chi connectivity index (χ0) is 42.4. The highest BCUT2D eigenvalue weighted by atomic mass is 15.1. The summed E-state index contributed by atoms with van der Waals surface area (Å²) >= 11 is 0. The van der Waals surface area contributed by atoms with Gasteiger partial charge in [-0.2, -0.15) is 0 Å². The Labute approximate surface area is 373 Å². The molecule has 0 amide bonds. The molecule has 2 nitrogen and oxygen atoms in total. The minimum absolute atomic E-state index is 1.08. The number of rotatable bonds is 8. The quantitative estimate of drug-likeness (QED) is 0.139. The van der Waals surface area contributed by atoms with Crippen LogP contribution in [0.3, 0.4) is 0 Å². The van der Waals surface area contributed by atoms with Crippen LogP contribution in [0.4, 0.5) is 17.1 Å². The highest BCUT2D eigenvalue weighted by Gasteiger charge is 2.22. The second-order valence-corrected chi connectivity index (χ2v) is 16.4. The van der Waals surface area contributed by atoms with Crippen LogP contribution in [0, 0.1) is 0 Å². The topological polar surface area (TPSA) is 8.17 Å². The van der Waals surface area contributed by atoms with Crippen molar-refractivity contribution in [2.24, 2.45) is 0 Å². The van der Waals surface area contributed by atoms with E-state index in [4.69, 9.17) is 0 Å². The Balaban J connectivity index is 1.05. The van der Waals surface area contributed by atoms with E-state index in [0.717, 1.165) is 33.9 Å². The van der Waals surface area contributed by atoms with Gasteiger partial charge in [-0.25, -0.2) is 0 Å². The number of aromatic nitrogens is 1. The molecule has 64 heavy (non-hydrogen) atoms. The van der Waals surface area contributed by atoms with Crippen LogP contribution in [-0.2, 0) is 0 Å². The molecule has 0 unspecified atom stereocenters. The molecular weight excluding hydrogens is 773 g/mol. The predicted octanol–water partition coefficient (Wildman–Crippen LogP) is 17.2. The normalized spacial score (nSPS) is 11.4. The summed E-state index contributed by atoms with van der Waals surface area (Å²) < 4.78 is 2.42. The zero-order valence-electron chi connectivity index (χ0n) is 35.1. The van der Waals surface area contributed by atoms with Gasteiger partial charge < -0.3 is 9.47 Å². The number of benzene rings is 11. The maximum atomic E-state index is 2.44. The molecule has 0 N–H and O–H groups in total. The molecule has 0 saturated carbocycles. The Morgan fingerprint density at radius 3 is 1.58 bits per heavy atom. The number of hydrogen-bond acceptors (Lipinski definition) is 1. The summed E-state index contributed by atoms with van der Waals surface area (Å²) in [6.07, 6.45) is 0. The van der Waals surface area contributed by atoms with Crippen LogP contribution in [-0.4, -0.2) is 4.57 Å². The van der Waals surface area contributed by atoms with Gasteiger partial charge in [0.1, 0.15) is 0 Å². The zero-order valence-corrected chi connectivity index (χ0v) is 35.1. The fourth-order valence-corrected chi connectivity index (χ4v) is 9.89. The average molecular weight is 815 g/mol. The molecule has 0 radical (unpaired) electrons. The first-order valence-electron chi connectivity index (χ1n) is 22.0. The lowest BCUT2D eigenvalue weighted by Gasteiger charge is -2.29. The standard InChI is InChI=1S/C62H42N2/c1-3-18-43(19-4-1)51-24-9-10-25-54(51)55-26-11-12-27-56(55)57-28-13-15-32-60(57)63(49-40-41-52-46(42-49)35-34-44-20-7-8-23-50(44)52)48-38-36-45(37-39-48)53-30-17-31-59-58-29-14-16-33-61(58)64(62(53)59)47-21-5-2-6-22-47/h1-42H. The third-order valence-electron chi connectivity index (χ3n) is 12.8. The summed E-state index contributed by atoms with van der Waals surface area (Å²) in [5.41, 5.74) is 16.3. The third-order valence-corrected chi connectivity index (χ3v) is 12.8. The lowest BCUT2D eigenvalue weighted by atomic mass is 9.88. The summed E-state index contributed by atoms with van der Waals surface area (Å²) in [4.78, 5) is 2.44. The van der Waals surface area contributed by atoms with Gasteiger partial charge in [0.15, 0.2) is 0 Å². The maximum Gasteiger partial charge on any atom is 0.0619 e. The van der Waals surface area contributed by atoms with E-state index in [9.17, 15) is 0 Å². The smallest absolute Gasteiger partial charge is 0.0619 e. The van der Waals surface area contributed by atoms with Crippen molar-refractivity contribution in [3.8, 4) is 50.2 Å². The van der Waals surface area contributed by atoms with Crippen molar-refractivity contribution < 1.29 is 0 Å². The van der Waals surface area contributed by atoms with E-state index in [1.54, 1.807) is 0 Å². The van der Waals surface area contributed by atoms with Gasteiger partial charge in [-0.05, 0) is 103 Å². The first-order chi connectivity index (χ1) is 31.8. The van der Waals surface area contributed by atoms with Gasteiger partial charge in [0.2, 0.25) is 0 Å². The van der Waals surface area contributed by atoms with Crippen molar-refractivity contribution in [1.29, 1.82) is 0 Å². The van der Waals surface area contributed by atoms with E-state index in [1.807, 2.05) is 0 Å². The minimum Gasteiger partial charge on any atom is -0.310 e. The molecule has 0 aliphatic heterocycles. The van der Waals surface area contributed by atoms with Gasteiger partial charge >= 0.3 is 0 Å². The molecule has 0 aliphatic rings. The molecule has 1 heterocycles. The molecule has 0 spiro atoms. The number of para-hydroxylation sites is 4. The Morgan fingerprint density at radius 2 is 0.797 bits per heavy atom. The van der Waals surface area contributed by atoms with E-state index in [0.29, 0.717) is 0 Å². The van der Waals surface area contributed by atoms with Crippen molar-refractivity contribution in [1.82, 2.24) is 4.57 Å². The molecule has 0 saturated heterocycles. The van der Waals surface area contributed by atoms with E-state index in [-0.39, 0.29) is 0 Å². The SMILES string of the molecule is c1ccc(-c2ccccc2-c2ccccc2-c2ccccc2N(c2ccc(-c3cccc4c5ccccc5n(-c5ccccc5)c34)cc2)c2ccc3c(ccc4ccccc43)c2)cc1. The predicted molar refractivity (Wildman–Crippen MR) is 272 cm³/mol. The highest BCUT2D eigenvalue weighted by Crippen LogP contribution is 2.47. The molecule has 0 aliphatic carbocycles. The van der Waals surface area contributed by atoms with Gasteiger partial charge in [0.05, 0.1) is 16.7 Å². The number of fused-ring (bicyclic) bond motifs is 6. The van der Waals surface area contributed by atoms with Gasteiger partial charge in [-0.3, -0.25) is 0 Å². The molecular formula is C62H42N2. The monoisotopic (exact) mass is 814 g/mol. The van der Waals surface area contributed by atoms with Crippen molar-refractivity contribution in [3.63, 3.8) is 0 Å². The maximum absolute atomic E-state index is 2.44. The molecule has 12 rings (SSSR count). The van der Waals surface area contributed by atoms with E-state index in [2.05, 4.69) is 264 Å². The number of nitrogens with zero attached hydrogens (tertiary/aromatic N) is 2. The van der Waals surface area contributed by atoms with Crippen molar-refractivity contribution in [2.45, 2.75) is 0 Å². The second kappa shape index (κ2) is 15.8. The van der Waals surface area contributed by atoms with Crippen LogP contribution in [0.15, 0.2) is 255 Å². The summed E-state index contributed by atoms with van der Waals surface area (Å²) in [7, 11) is 0. The van der Waals surface area contributed by atoms with Gasteiger partial charge in [0, 0.05) is 39.0 Å². The molecule has 0 bridgehead atoms. The fraction of sp³-hybridized carbons (Fsp3) is 0. The summed E-state index contributed by atoms with van der Waals surface area (Å²) in [5.74, 6) is 0. The second-order valence-electron chi connectivity index (χ2n) is 16.4. The van der Waals surface area contributed by atoms with Gasteiger partial charge in [-0.1, -0.05) is 206 Å². The first-order valence-corrected chi connectivity index (χ1v) is 22.0. The van der Waals surface area contributed by atoms with Crippen LogP contribution in [0.25, 0.3) is 93.5 Å². The van der Waals surface area contributed by atoms with Crippen LogP contribution < -0.4 is 4.90 Å². The van der Waals surface area contributed by atoms with Gasteiger partial charge in [0.25, 0.3) is 0 Å². The molecule has 1 aromatic heterocycles. The summed E-state index contributed by atoms with van der Waals surface area (Å²) in [6, 6.07) is 92.7. The Bertz CT molecular complexity index is 3660. The lowest BCUT2D eigenvalue weighted by Crippen LogP contribution is -2.11. The van der Waals surface area contributed by atoms with Gasteiger partial charge in [-0.15, -0.1) is 0 Å². The van der Waals surface area contributed by atoms with Crippen molar-refractivity contribution in [2.75, 3.05) is 4.90 Å². The Hall–Kier alpha value is -8.46. The largest absolute Gasteiger partial charge is 0.310 e. The van der Waals surface area contributed by atoms with Crippen LogP contribution in [0.1, 0.15) is 0 Å². The third kappa shape index (κ3) is 6.35. The van der Waals surface area contributed by atoms with E-state index in [1.165, 1.54) is 76.7 Å². The first kappa shape index (κ1) is 37.3. The van der Waals surface area contributed by atoms with Crippen LogP contribution in [0.2, 0.25) is 0 Å². The molecule has 0 fully saturated rings.